The van der Waals surface area contributed by atoms with Crippen LogP contribution in [-0.4, -0.2) is 54.6 Å². The highest BCUT2D eigenvalue weighted by Crippen LogP contribution is 2.35. The molecule has 170 valence electrons. The fourth-order valence-electron chi connectivity index (χ4n) is 4.01. The van der Waals surface area contributed by atoms with E-state index in [1.165, 1.54) is 12.1 Å². The molecule has 2 atom stereocenters. The first-order valence-electron chi connectivity index (χ1n) is 10.6. The van der Waals surface area contributed by atoms with Crippen LogP contribution in [0.3, 0.4) is 0 Å². The number of hydrogen-bond acceptors (Lipinski definition) is 5. The lowest BCUT2D eigenvalue weighted by molar-refractivity contribution is -0.117. The zero-order valence-corrected chi connectivity index (χ0v) is 18.5. The number of hydrogen-bond donors (Lipinski definition) is 1. The molecule has 9 heteroatoms. The number of nitrogens with zero attached hydrogens (tertiary/aromatic N) is 2. The number of rotatable bonds is 6. The molecular weight excluding hydrogens is 437 g/mol. The van der Waals surface area contributed by atoms with E-state index in [-0.39, 0.29) is 53.8 Å². The van der Waals surface area contributed by atoms with E-state index in [1.807, 2.05) is 6.92 Å². The predicted octanol–water partition coefficient (Wildman–Crippen LogP) is 3.07. The highest BCUT2D eigenvalue weighted by atomic mass is 35.5. The van der Waals surface area contributed by atoms with E-state index in [4.69, 9.17) is 21.1 Å². The number of pyridine rings is 1. The molecule has 32 heavy (non-hydrogen) atoms. The minimum absolute atomic E-state index is 0.00828. The van der Waals surface area contributed by atoms with Crippen LogP contribution in [0.1, 0.15) is 41.4 Å². The van der Waals surface area contributed by atoms with Crippen molar-refractivity contribution in [1.29, 1.82) is 0 Å². The second-order valence-electron chi connectivity index (χ2n) is 8.03. The summed E-state index contributed by atoms with van der Waals surface area (Å²) in [5, 5.41) is 2.89. The van der Waals surface area contributed by atoms with E-state index in [1.54, 1.807) is 23.1 Å². The molecule has 1 aromatic heterocycles. The van der Waals surface area contributed by atoms with Gasteiger partial charge in [0.1, 0.15) is 29.7 Å². The van der Waals surface area contributed by atoms with Gasteiger partial charge in [0.05, 0.1) is 12.1 Å². The Bertz CT molecular complexity index is 995. The number of alkyl halides is 1. The maximum atomic E-state index is 13.4. The maximum absolute atomic E-state index is 13.4. The fraction of sp³-hybridized carbons (Fsp3) is 0.435. The van der Waals surface area contributed by atoms with Gasteiger partial charge in [0.15, 0.2) is 0 Å². The van der Waals surface area contributed by atoms with Crippen LogP contribution in [0.5, 0.6) is 5.88 Å². The van der Waals surface area contributed by atoms with E-state index in [9.17, 15) is 14.0 Å². The van der Waals surface area contributed by atoms with Crippen LogP contribution in [0.15, 0.2) is 30.3 Å². The van der Waals surface area contributed by atoms with Crippen molar-refractivity contribution in [1.82, 2.24) is 10.3 Å². The third kappa shape index (κ3) is 4.86. The first-order valence-corrected chi connectivity index (χ1v) is 11.2. The number of halogens is 2. The first kappa shape index (κ1) is 22.5. The van der Waals surface area contributed by atoms with Gasteiger partial charge in [0.25, 0.3) is 5.91 Å². The van der Waals surface area contributed by atoms with E-state index in [0.29, 0.717) is 30.8 Å². The first-order chi connectivity index (χ1) is 15.5. The van der Waals surface area contributed by atoms with E-state index in [2.05, 4.69) is 10.3 Å². The molecule has 1 aromatic carbocycles. The lowest BCUT2D eigenvalue weighted by Gasteiger charge is -2.34. The molecule has 0 radical (unpaired) electrons. The lowest BCUT2D eigenvalue weighted by atomic mass is 10.0. The molecule has 2 unspecified atom stereocenters. The summed E-state index contributed by atoms with van der Waals surface area (Å²) in [6.45, 7) is 3.19. The summed E-state index contributed by atoms with van der Waals surface area (Å²) in [6.07, 6.45) is 2.20. The zero-order chi connectivity index (χ0) is 22.7. The molecule has 0 saturated carbocycles. The van der Waals surface area contributed by atoms with Crippen molar-refractivity contribution >= 4 is 29.1 Å². The molecule has 4 rings (SSSR count). The van der Waals surface area contributed by atoms with E-state index < -0.39 is 0 Å². The molecule has 0 aliphatic carbocycles. The largest absolute Gasteiger partial charge is 0.474 e. The average Bonchev–Trinajstić information content (AvgIpc) is 3.32. The van der Waals surface area contributed by atoms with Crippen LogP contribution < -0.4 is 15.0 Å². The molecule has 3 heterocycles. The standard InChI is InChI=1S/C23H25ClFN3O4/c1-14-13-32-23-19(28(14)20(29)11-24)10-16(9-15-4-6-17(25)7-5-15)21(27-23)22(30)26-12-18-3-2-8-31-18/h4-7,10,14,18H,2-3,8-9,11-13H2,1H3,(H,26,30). The topological polar surface area (TPSA) is 80.8 Å². The summed E-state index contributed by atoms with van der Waals surface area (Å²) in [7, 11) is 0. The summed E-state index contributed by atoms with van der Waals surface area (Å²) in [5.74, 6) is -0.924. The Morgan fingerprint density at radius 3 is 2.78 bits per heavy atom. The summed E-state index contributed by atoms with van der Waals surface area (Å²) >= 11 is 5.82. The van der Waals surface area contributed by atoms with Gasteiger partial charge in [-0.2, -0.15) is 0 Å². The van der Waals surface area contributed by atoms with Crippen molar-refractivity contribution < 1.29 is 23.5 Å². The van der Waals surface area contributed by atoms with Crippen molar-refractivity contribution in [3.8, 4) is 5.88 Å². The van der Waals surface area contributed by atoms with Crippen molar-refractivity contribution in [3.63, 3.8) is 0 Å². The summed E-state index contributed by atoms with van der Waals surface area (Å²) in [4.78, 5) is 31.6. The molecule has 2 aromatic rings. The minimum atomic E-state index is -0.349. The van der Waals surface area contributed by atoms with Gasteiger partial charge in [-0.1, -0.05) is 12.1 Å². The minimum Gasteiger partial charge on any atom is -0.474 e. The summed E-state index contributed by atoms with van der Waals surface area (Å²) in [5.41, 5.74) is 2.09. The second-order valence-corrected chi connectivity index (χ2v) is 8.29. The number of anilines is 1. The van der Waals surface area contributed by atoms with Crippen molar-refractivity contribution in [2.24, 2.45) is 0 Å². The Hall–Kier alpha value is -2.71. The second kappa shape index (κ2) is 9.83. The molecule has 0 bridgehead atoms. The van der Waals surface area contributed by atoms with Crippen LogP contribution >= 0.6 is 11.6 Å². The maximum Gasteiger partial charge on any atom is 0.270 e. The Morgan fingerprint density at radius 2 is 2.09 bits per heavy atom. The number of nitrogens with one attached hydrogen (secondary N) is 1. The number of ether oxygens (including phenoxy) is 2. The van der Waals surface area contributed by atoms with Crippen LogP contribution in [0.25, 0.3) is 0 Å². The zero-order valence-electron chi connectivity index (χ0n) is 17.8. The highest BCUT2D eigenvalue weighted by Gasteiger charge is 2.32. The average molecular weight is 462 g/mol. The molecule has 7 nitrogen and oxygen atoms in total. The molecule has 1 N–H and O–H groups in total. The van der Waals surface area contributed by atoms with Crippen LogP contribution in [0.2, 0.25) is 0 Å². The number of fused-ring (bicyclic) bond motifs is 1. The Morgan fingerprint density at radius 1 is 1.31 bits per heavy atom. The van der Waals surface area contributed by atoms with E-state index >= 15 is 0 Å². The van der Waals surface area contributed by atoms with Gasteiger partial charge in [-0.05, 0) is 55.5 Å². The number of benzene rings is 1. The number of amides is 2. The third-order valence-corrected chi connectivity index (χ3v) is 5.86. The molecule has 2 aliphatic rings. The van der Waals surface area contributed by atoms with Gasteiger partial charge < -0.3 is 19.7 Å². The number of aromatic nitrogens is 1. The number of carbonyl (C=O) groups excluding carboxylic acids is 2. The van der Waals surface area contributed by atoms with Gasteiger partial charge in [0.2, 0.25) is 11.8 Å². The SMILES string of the molecule is CC1COc2nc(C(=O)NCC3CCCO3)c(Cc3ccc(F)cc3)cc2N1C(=O)CCl. The van der Waals surface area contributed by atoms with Crippen LogP contribution in [0, 0.1) is 5.82 Å². The summed E-state index contributed by atoms with van der Waals surface area (Å²) < 4.78 is 24.7. The molecule has 2 aliphatic heterocycles. The van der Waals surface area contributed by atoms with Gasteiger partial charge in [0, 0.05) is 13.2 Å². The predicted molar refractivity (Wildman–Crippen MR) is 118 cm³/mol. The molecule has 0 spiro atoms. The van der Waals surface area contributed by atoms with Gasteiger partial charge in [-0.15, -0.1) is 11.6 Å². The van der Waals surface area contributed by atoms with Crippen molar-refractivity contribution in [3.05, 3.63) is 53.0 Å². The molecule has 1 saturated heterocycles. The smallest absolute Gasteiger partial charge is 0.270 e. The third-order valence-electron chi connectivity index (χ3n) is 5.63. The van der Waals surface area contributed by atoms with Crippen molar-refractivity contribution in [2.75, 3.05) is 30.5 Å². The Kier molecular flexibility index (Phi) is 6.91. The van der Waals surface area contributed by atoms with Crippen LogP contribution in [0.4, 0.5) is 10.1 Å². The van der Waals surface area contributed by atoms with Gasteiger partial charge in [-0.25, -0.2) is 9.37 Å². The monoisotopic (exact) mass is 461 g/mol. The molecule has 1 fully saturated rings. The molecular formula is C23H25ClFN3O4. The van der Waals surface area contributed by atoms with Crippen LogP contribution in [-0.2, 0) is 16.0 Å². The Balaban J connectivity index is 1.69. The highest BCUT2D eigenvalue weighted by molar-refractivity contribution is 6.29. The van der Waals surface area contributed by atoms with E-state index in [0.717, 1.165) is 18.4 Å². The quantitative estimate of drug-likeness (QED) is 0.669. The molecule has 2 amide bonds. The fourth-order valence-corrected chi connectivity index (χ4v) is 4.14. The van der Waals surface area contributed by atoms with Gasteiger partial charge >= 0.3 is 0 Å². The normalized spacial score (nSPS) is 19.9. The number of carbonyl (C=O) groups is 2. The Labute approximate surface area is 190 Å². The summed E-state index contributed by atoms with van der Waals surface area (Å²) in [6, 6.07) is 7.56. The lowest BCUT2D eigenvalue weighted by Crippen LogP contribution is -2.46. The van der Waals surface area contributed by atoms with Crippen molar-refractivity contribution in [2.45, 2.75) is 38.3 Å². The van der Waals surface area contributed by atoms with Gasteiger partial charge in [-0.3, -0.25) is 9.59 Å².